The SMILES string of the molecule is CCON=C(CCc1noc2c1C(=O)CC(C)(C)C2)C1=C(O)CC(c2ccccc2)CC1=O. The van der Waals surface area contributed by atoms with Crippen molar-refractivity contribution in [3.05, 3.63) is 64.2 Å². The number of rotatable bonds is 7. The molecule has 1 heterocycles. The molecule has 7 nitrogen and oxygen atoms in total. The summed E-state index contributed by atoms with van der Waals surface area (Å²) in [5.74, 6) is 0.447. The number of allylic oxidation sites excluding steroid dienone is 2. The first-order chi connectivity index (χ1) is 15.8. The van der Waals surface area contributed by atoms with Crippen LogP contribution in [0.2, 0.25) is 0 Å². The Labute approximate surface area is 193 Å². The van der Waals surface area contributed by atoms with E-state index < -0.39 is 0 Å². The van der Waals surface area contributed by atoms with Gasteiger partial charge in [0.25, 0.3) is 0 Å². The van der Waals surface area contributed by atoms with E-state index in [4.69, 9.17) is 9.36 Å². The van der Waals surface area contributed by atoms with Gasteiger partial charge in [0.15, 0.2) is 11.6 Å². The number of fused-ring (bicyclic) bond motifs is 1. The predicted octanol–water partition coefficient (Wildman–Crippen LogP) is 5.11. The zero-order valence-electron chi connectivity index (χ0n) is 19.4. The fourth-order valence-electron chi connectivity index (χ4n) is 4.77. The van der Waals surface area contributed by atoms with Crippen LogP contribution in [0.15, 0.2) is 51.3 Å². The summed E-state index contributed by atoms with van der Waals surface area (Å²) in [5, 5.41) is 19.1. The number of ketones is 2. The predicted molar refractivity (Wildman–Crippen MR) is 123 cm³/mol. The number of benzene rings is 1. The van der Waals surface area contributed by atoms with Crippen LogP contribution >= 0.6 is 0 Å². The molecule has 0 fully saturated rings. The average molecular weight is 451 g/mol. The second-order valence-corrected chi connectivity index (χ2v) is 9.58. The third-order valence-corrected chi connectivity index (χ3v) is 6.29. The molecule has 1 aromatic heterocycles. The minimum atomic E-state index is -0.161. The van der Waals surface area contributed by atoms with E-state index in [-0.39, 0.29) is 34.2 Å². The van der Waals surface area contributed by atoms with Crippen molar-refractivity contribution in [1.29, 1.82) is 0 Å². The number of Topliss-reactive ketones (excluding diaryl/α,β-unsaturated/α-hetero) is 2. The van der Waals surface area contributed by atoms with Crippen LogP contribution < -0.4 is 0 Å². The van der Waals surface area contributed by atoms with Crippen molar-refractivity contribution in [3.8, 4) is 0 Å². The standard InChI is InChI=1S/C26H30N2O5/c1-4-32-27-18(10-11-19-25-22(31)14-26(2,3)15-23(25)33-28-19)24-20(29)12-17(13-21(24)30)16-8-6-5-7-9-16/h5-9,17,29H,4,10-15H2,1-3H3. The van der Waals surface area contributed by atoms with Crippen molar-refractivity contribution in [2.24, 2.45) is 10.6 Å². The molecule has 0 radical (unpaired) electrons. The van der Waals surface area contributed by atoms with Gasteiger partial charge in [0.2, 0.25) is 0 Å². The summed E-state index contributed by atoms with van der Waals surface area (Å²) >= 11 is 0. The molecule has 2 aliphatic carbocycles. The topological polar surface area (TPSA) is 102 Å². The van der Waals surface area contributed by atoms with Crippen molar-refractivity contribution >= 4 is 17.3 Å². The molecule has 1 unspecified atom stereocenters. The minimum Gasteiger partial charge on any atom is -0.511 e. The smallest absolute Gasteiger partial charge is 0.168 e. The van der Waals surface area contributed by atoms with Crippen LogP contribution in [0.3, 0.4) is 0 Å². The van der Waals surface area contributed by atoms with E-state index in [1.54, 1.807) is 6.92 Å². The number of aliphatic hydroxyl groups excluding tert-OH is 1. The lowest BCUT2D eigenvalue weighted by Gasteiger charge is -2.26. The molecule has 1 atom stereocenters. The maximum Gasteiger partial charge on any atom is 0.168 e. The first kappa shape index (κ1) is 23.0. The Hall–Kier alpha value is -3.22. The molecule has 174 valence electrons. The Morgan fingerprint density at radius 1 is 1.18 bits per heavy atom. The first-order valence-corrected chi connectivity index (χ1v) is 11.5. The molecule has 0 bridgehead atoms. The molecule has 2 aliphatic rings. The molecule has 7 heteroatoms. The van der Waals surface area contributed by atoms with Gasteiger partial charge in [-0.3, -0.25) is 9.59 Å². The molecule has 1 N–H and O–H groups in total. The quantitative estimate of drug-likeness (QED) is 0.464. The zero-order chi connectivity index (χ0) is 23.6. The molecule has 0 amide bonds. The van der Waals surface area contributed by atoms with Gasteiger partial charge in [-0.2, -0.15) is 0 Å². The first-order valence-electron chi connectivity index (χ1n) is 11.5. The van der Waals surface area contributed by atoms with Crippen LogP contribution in [0.1, 0.15) is 79.7 Å². The number of carbonyl (C=O) groups is 2. The molecule has 0 saturated heterocycles. The van der Waals surface area contributed by atoms with Crippen LogP contribution in [-0.2, 0) is 22.5 Å². The highest BCUT2D eigenvalue weighted by molar-refractivity contribution is 6.23. The molecule has 4 rings (SSSR count). The zero-order valence-corrected chi connectivity index (χ0v) is 19.4. The highest BCUT2D eigenvalue weighted by atomic mass is 16.6. The van der Waals surface area contributed by atoms with E-state index in [2.05, 4.69) is 10.3 Å². The van der Waals surface area contributed by atoms with Crippen LogP contribution in [0.5, 0.6) is 0 Å². The summed E-state index contributed by atoms with van der Waals surface area (Å²) in [4.78, 5) is 31.1. The van der Waals surface area contributed by atoms with Gasteiger partial charge >= 0.3 is 0 Å². The molecule has 0 aliphatic heterocycles. The van der Waals surface area contributed by atoms with Gasteiger partial charge in [-0.1, -0.05) is 54.5 Å². The van der Waals surface area contributed by atoms with Crippen LogP contribution in [0.4, 0.5) is 0 Å². The summed E-state index contributed by atoms with van der Waals surface area (Å²) in [6.45, 7) is 6.22. The number of nitrogens with zero attached hydrogens (tertiary/aromatic N) is 2. The van der Waals surface area contributed by atoms with Gasteiger partial charge in [-0.15, -0.1) is 0 Å². The second-order valence-electron chi connectivity index (χ2n) is 9.58. The van der Waals surface area contributed by atoms with Gasteiger partial charge in [-0.05, 0) is 36.7 Å². The summed E-state index contributed by atoms with van der Waals surface area (Å²) in [6, 6.07) is 9.73. The van der Waals surface area contributed by atoms with E-state index in [1.807, 2.05) is 44.2 Å². The van der Waals surface area contributed by atoms with E-state index in [0.717, 1.165) is 5.56 Å². The minimum absolute atomic E-state index is 0.0264. The van der Waals surface area contributed by atoms with E-state index in [9.17, 15) is 14.7 Å². The van der Waals surface area contributed by atoms with Gasteiger partial charge in [0.05, 0.1) is 22.5 Å². The summed E-state index contributed by atoms with van der Waals surface area (Å²) in [7, 11) is 0. The van der Waals surface area contributed by atoms with Gasteiger partial charge in [0, 0.05) is 25.7 Å². The number of aromatic nitrogens is 1. The van der Waals surface area contributed by atoms with Crippen molar-refractivity contribution in [3.63, 3.8) is 0 Å². The molecule has 2 aromatic rings. The molecule has 1 aromatic carbocycles. The van der Waals surface area contributed by atoms with Crippen molar-refractivity contribution in [2.75, 3.05) is 6.61 Å². The van der Waals surface area contributed by atoms with E-state index in [0.29, 0.717) is 67.9 Å². The Kier molecular flexibility index (Phi) is 6.49. The summed E-state index contributed by atoms with van der Waals surface area (Å²) in [6.07, 6.45) is 2.43. The van der Waals surface area contributed by atoms with Crippen molar-refractivity contribution in [2.45, 2.75) is 65.2 Å². The Balaban J connectivity index is 1.56. The van der Waals surface area contributed by atoms with Gasteiger partial charge in [0.1, 0.15) is 18.1 Å². The molecule has 33 heavy (non-hydrogen) atoms. The number of carbonyl (C=O) groups excluding carboxylic acids is 2. The van der Waals surface area contributed by atoms with Crippen molar-refractivity contribution < 1.29 is 24.1 Å². The third-order valence-electron chi connectivity index (χ3n) is 6.29. The highest BCUT2D eigenvalue weighted by Gasteiger charge is 2.37. The average Bonchev–Trinajstić information content (AvgIpc) is 3.17. The summed E-state index contributed by atoms with van der Waals surface area (Å²) < 4.78 is 5.49. The lowest BCUT2D eigenvalue weighted by molar-refractivity contribution is -0.116. The fraction of sp³-hybridized carbons (Fsp3) is 0.462. The third kappa shape index (κ3) is 4.92. The molecular weight excluding hydrogens is 420 g/mol. The lowest BCUT2D eigenvalue weighted by atomic mass is 9.75. The Bertz CT molecular complexity index is 1110. The van der Waals surface area contributed by atoms with Crippen LogP contribution in [-0.4, -0.2) is 34.1 Å². The van der Waals surface area contributed by atoms with Crippen LogP contribution in [0, 0.1) is 5.41 Å². The summed E-state index contributed by atoms with van der Waals surface area (Å²) in [5.41, 5.74) is 2.60. The Morgan fingerprint density at radius 2 is 1.94 bits per heavy atom. The Morgan fingerprint density at radius 3 is 2.64 bits per heavy atom. The van der Waals surface area contributed by atoms with Gasteiger partial charge in [-0.25, -0.2) is 0 Å². The second kappa shape index (κ2) is 9.33. The molecular formula is C26H30N2O5. The lowest BCUT2D eigenvalue weighted by Crippen LogP contribution is -2.27. The molecule has 0 saturated carbocycles. The van der Waals surface area contributed by atoms with Crippen LogP contribution in [0.25, 0.3) is 0 Å². The monoisotopic (exact) mass is 450 g/mol. The van der Waals surface area contributed by atoms with E-state index >= 15 is 0 Å². The normalized spacial score (nSPS) is 20.7. The number of hydrogen-bond donors (Lipinski definition) is 1. The largest absolute Gasteiger partial charge is 0.511 e. The maximum absolute atomic E-state index is 13.1. The number of aliphatic hydroxyl groups is 1. The van der Waals surface area contributed by atoms with Crippen molar-refractivity contribution in [1.82, 2.24) is 5.16 Å². The van der Waals surface area contributed by atoms with Gasteiger partial charge < -0.3 is 14.5 Å². The number of oxime groups is 1. The molecule has 0 spiro atoms. The maximum atomic E-state index is 13.1. The number of hydrogen-bond acceptors (Lipinski definition) is 7. The number of aryl methyl sites for hydroxylation is 1. The fourth-order valence-corrected chi connectivity index (χ4v) is 4.77. The van der Waals surface area contributed by atoms with E-state index in [1.165, 1.54) is 0 Å². The highest BCUT2D eigenvalue weighted by Crippen LogP contribution is 2.37.